The van der Waals surface area contributed by atoms with Gasteiger partial charge < -0.3 is 10.6 Å². The number of urea groups is 2. The lowest BCUT2D eigenvalue weighted by Gasteiger charge is -2.22. The summed E-state index contributed by atoms with van der Waals surface area (Å²) < 4.78 is 0. The van der Waals surface area contributed by atoms with E-state index in [-0.39, 0.29) is 25.4 Å². The van der Waals surface area contributed by atoms with Crippen LogP contribution in [0, 0.1) is 0 Å². The van der Waals surface area contributed by atoms with Gasteiger partial charge in [-0.15, -0.1) is 0 Å². The number of carbonyl (C=O) groups excluding carboxylic acids is 4. The molecule has 1 saturated heterocycles. The lowest BCUT2D eigenvalue weighted by molar-refractivity contribution is -0.132. The van der Waals surface area contributed by atoms with Crippen molar-refractivity contribution in [3.63, 3.8) is 0 Å². The molecule has 1 atom stereocenters. The molecule has 3 N–H and O–H groups in total. The topological polar surface area (TPSA) is 108 Å². The maximum Gasteiger partial charge on any atom is 0.325 e. The number of nitrogens with zero attached hydrogens (tertiary/aromatic N) is 1. The SMILES string of the molecule is O=C(CCN1C(=O)N[C@]2(CCc3ccccc32)C1=O)NC(=O)NCc1ccccc1. The van der Waals surface area contributed by atoms with Gasteiger partial charge in [-0.1, -0.05) is 54.6 Å². The van der Waals surface area contributed by atoms with Crippen molar-refractivity contribution >= 4 is 23.9 Å². The zero-order valence-electron chi connectivity index (χ0n) is 16.3. The maximum atomic E-state index is 13.0. The Morgan fingerprint density at radius 2 is 1.77 bits per heavy atom. The Balaban J connectivity index is 1.31. The van der Waals surface area contributed by atoms with Crippen LogP contribution in [0.1, 0.15) is 29.5 Å². The molecule has 154 valence electrons. The van der Waals surface area contributed by atoms with E-state index in [9.17, 15) is 19.2 Å². The van der Waals surface area contributed by atoms with Gasteiger partial charge in [0.25, 0.3) is 5.91 Å². The smallest absolute Gasteiger partial charge is 0.325 e. The Labute approximate surface area is 173 Å². The van der Waals surface area contributed by atoms with Crippen LogP contribution in [0.25, 0.3) is 0 Å². The van der Waals surface area contributed by atoms with Gasteiger partial charge >= 0.3 is 12.1 Å². The van der Waals surface area contributed by atoms with Crippen molar-refractivity contribution in [2.24, 2.45) is 0 Å². The molecule has 1 heterocycles. The number of amides is 6. The molecule has 0 bridgehead atoms. The molecular weight excluding hydrogens is 384 g/mol. The Bertz CT molecular complexity index is 1010. The van der Waals surface area contributed by atoms with E-state index >= 15 is 0 Å². The number of carbonyl (C=O) groups is 4. The largest absolute Gasteiger partial charge is 0.334 e. The molecule has 8 heteroatoms. The van der Waals surface area contributed by atoms with Crippen LogP contribution >= 0.6 is 0 Å². The van der Waals surface area contributed by atoms with Gasteiger partial charge in [0.2, 0.25) is 5.91 Å². The molecule has 4 rings (SSSR count). The minimum atomic E-state index is -1.04. The minimum Gasteiger partial charge on any atom is -0.334 e. The Kier molecular flexibility index (Phi) is 5.22. The van der Waals surface area contributed by atoms with Gasteiger partial charge in [0.1, 0.15) is 5.54 Å². The fraction of sp³-hybridized carbons (Fsp3) is 0.273. The summed E-state index contributed by atoms with van der Waals surface area (Å²) in [5, 5.41) is 7.63. The van der Waals surface area contributed by atoms with Crippen molar-refractivity contribution in [3.05, 3.63) is 71.3 Å². The number of imide groups is 2. The predicted octanol–water partition coefficient (Wildman–Crippen LogP) is 1.80. The molecule has 30 heavy (non-hydrogen) atoms. The highest BCUT2D eigenvalue weighted by molar-refractivity contribution is 6.08. The molecule has 8 nitrogen and oxygen atoms in total. The second kappa shape index (κ2) is 7.98. The molecule has 2 aliphatic rings. The average molecular weight is 406 g/mol. The second-order valence-electron chi connectivity index (χ2n) is 7.42. The molecule has 1 aliphatic carbocycles. The van der Waals surface area contributed by atoms with E-state index in [1.54, 1.807) is 0 Å². The molecule has 0 unspecified atom stereocenters. The fourth-order valence-electron chi connectivity index (χ4n) is 4.02. The second-order valence-corrected chi connectivity index (χ2v) is 7.42. The number of hydrogen-bond donors (Lipinski definition) is 3. The molecule has 1 spiro atoms. The number of aryl methyl sites for hydroxylation is 1. The van der Waals surface area contributed by atoms with E-state index in [0.717, 1.165) is 21.6 Å². The molecule has 0 saturated carbocycles. The van der Waals surface area contributed by atoms with Crippen LogP contribution in [0.3, 0.4) is 0 Å². The quantitative estimate of drug-likeness (QED) is 0.658. The zero-order valence-corrected chi connectivity index (χ0v) is 16.3. The highest BCUT2D eigenvalue weighted by atomic mass is 16.2. The molecule has 0 aromatic heterocycles. The summed E-state index contributed by atoms with van der Waals surface area (Å²) in [7, 11) is 0. The first kappa shape index (κ1) is 19.6. The van der Waals surface area contributed by atoms with E-state index < -0.39 is 23.5 Å². The summed E-state index contributed by atoms with van der Waals surface area (Å²) in [5.74, 6) is -0.910. The van der Waals surface area contributed by atoms with Crippen LogP contribution < -0.4 is 16.0 Å². The highest BCUT2D eigenvalue weighted by Crippen LogP contribution is 2.41. The number of nitrogens with one attached hydrogen (secondary N) is 3. The van der Waals surface area contributed by atoms with Crippen molar-refractivity contribution < 1.29 is 19.2 Å². The van der Waals surface area contributed by atoms with Gasteiger partial charge in [0.05, 0.1) is 0 Å². The van der Waals surface area contributed by atoms with Crippen LogP contribution in [-0.2, 0) is 28.1 Å². The number of rotatable bonds is 5. The molecule has 2 aromatic rings. The highest BCUT2D eigenvalue weighted by Gasteiger charge is 2.55. The minimum absolute atomic E-state index is 0.0909. The lowest BCUT2D eigenvalue weighted by atomic mass is 9.92. The maximum absolute atomic E-state index is 13.0. The van der Waals surface area contributed by atoms with Gasteiger partial charge in [-0.25, -0.2) is 9.59 Å². The molecule has 6 amide bonds. The van der Waals surface area contributed by atoms with Crippen LogP contribution in [0.2, 0.25) is 0 Å². The summed E-state index contributed by atoms with van der Waals surface area (Å²) >= 11 is 0. The van der Waals surface area contributed by atoms with Crippen molar-refractivity contribution in [3.8, 4) is 0 Å². The van der Waals surface area contributed by atoms with Crippen LogP contribution in [0.4, 0.5) is 9.59 Å². The molecular formula is C22H22N4O4. The third kappa shape index (κ3) is 3.63. The first-order valence-electron chi connectivity index (χ1n) is 9.84. The molecule has 1 fully saturated rings. The summed E-state index contributed by atoms with van der Waals surface area (Å²) in [4.78, 5) is 50.5. The van der Waals surface area contributed by atoms with E-state index in [4.69, 9.17) is 0 Å². The summed E-state index contributed by atoms with van der Waals surface area (Å²) in [5.41, 5.74) is 1.72. The number of benzene rings is 2. The average Bonchev–Trinajstić information content (AvgIpc) is 3.24. The van der Waals surface area contributed by atoms with E-state index in [1.165, 1.54) is 0 Å². The number of fused-ring (bicyclic) bond motifs is 2. The van der Waals surface area contributed by atoms with Gasteiger partial charge in [-0.05, 0) is 29.5 Å². The Morgan fingerprint density at radius 1 is 1.03 bits per heavy atom. The van der Waals surface area contributed by atoms with Gasteiger partial charge in [0.15, 0.2) is 0 Å². The Morgan fingerprint density at radius 3 is 2.57 bits per heavy atom. The molecule has 0 radical (unpaired) electrons. The lowest BCUT2D eigenvalue weighted by Crippen LogP contribution is -2.43. The zero-order chi connectivity index (χ0) is 21.1. The van der Waals surface area contributed by atoms with Crippen LogP contribution in [-0.4, -0.2) is 35.3 Å². The first-order valence-corrected chi connectivity index (χ1v) is 9.84. The first-order chi connectivity index (χ1) is 14.5. The Hall–Kier alpha value is -3.68. The monoisotopic (exact) mass is 406 g/mol. The van der Waals surface area contributed by atoms with Crippen molar-refractivity contribution in [1.82, 2.24) is 20.9 Å². The summed E-state index contributed by atoms with van der Waals surface area (Å²) in [6.07, 6.45) is 1.05. The molecule has 1 aliphatic heterocycles. The van der Waals surface area contributed by atoms with E-state index in [1.807, 2.05) is 54.6 Å². The standard InChI is InChI=1S/C22H22N4O4/c27-18(24-20(29)23-14-15-6-2-1-3-7-15)11-13-26-19(28)22(25-21(26)30)12-10-16-8-4-5-9-17(16)22/h1-9H,10-14H2,(H,25,30)(H2,23,24,27,29)/t22-/m0/s1. The summed E-state index contributed by atoms with van der Waals surface area (Å²) in [6.45, 7) is 0.196. The fourth-order valence-corrected chi connectivity index (χ4v) is 4.02. The van der Waals surface area contributed by atoms with Crippen molar-refractivity contribution in [2.45, 2.75) is 31.3 Å². The predicted molar refractivity (Wildman–Crippen MR) is 108 cm³/mol. The van der Waals surface area contributed by atoms with Gasteiger partial charge in [-0.2, -0.15) is 0 Å². The number of hydrogen-bond acceptors (Lipinski definition) is 4. The van der Waals surface area contributed by atoms with E-state index in [2.05, 4.69) is 16.0 Å². The third-order valence-electron chi connectivity index (χ3n) is 5.53. The van der Waals surface area contributed by atoms with Gasteiger partial charge in [-0.3, -0.25) is 19.8 Å². The van der Waals surface area contributed by atoms with E-state index in [0.29, 0.717) is 12.8 Å². The van der Waals surface area contributed by atoms with Crippen molar-refractivity contribution in [1.29, 1.82) is 0 Å². The summed E-state index contributed by atoms with van der Waals surface area (Å²) in [6, 6.07) is 15.7. The normalized spacial score (nSPS) is 19.5. The third-order valence-corrected chi connectivity index (χ3v) is 5.53. The van der Waals surface area contributed by atoms with Gasteiger partial charge in [0, 0.05) is 19.5 Å². The van der Waals surface area contributed by atoms with Crippen molar-refractivity contribution in [2.75, 3.05) is 6.54 Å². The van der Waals surface area contributed by atoms with Crippen LogP contribution in [0.5, 0.6) is 0 Å². The molecule has 2 aromatic carbocycles. The van der Waals surface area contributed by atoms with Crippen LogP contribution in [0.15, 0.2) is 54.6 Å².